The number of nitrogens with zero attached hydrogens (tertiary/aromatic N) is 2. The maximum Gasteiger partial charge on any atom is 0.264 e. The van der Waals surface area contributed by atoms with E-state index in [0.717, 1.165) is 19.5 Å². The molecule has 1 aromatic rings. The fourth-order valence-electron chi connectivity index (χ4n) is 3.20. The summed E-state index contributed by atoms with van der Waals surface area (Å²) in [5.74, 6) is -0.0532. The molecule has 5 nitrogen and oxygen atoms in total. The van der Waals surface area contributed by atoms with E-state index in [1.165, 1.54) is 12.1 Å². The summed E-state index contributed by atoms with van der Waals surface area (Å²) >= 11 is 0. The first-order chi connectivity index (χ1) is 11.0. The standard InChI is InChI=1S/C17H22FN3O2/c1-11-10-21(2)7-6-14(11)19-17(22)16-9-15(20-23-16)12-4-3-5-13(18)8-12/h3-5,8,11,14,16H,6-7,9-10H2,1-2H3,(H,19,22)/t11-,14-,16+/m1/s1. The number of piperidine rings is 1. The van der Waals surface area contributed by atoms with Crippen molar-refractivity contribution in [2.24, 2.45) is 11.1 Å². The molecule has 3 atom stereocenters. The quantitative estimate of drug-likeness (QED) is 0.924. The topological polar surface area (TPSA) is 53.9 Å². The molecule has 2 aliphatic rings. The fraction of sp³-hybridized carbons (Fsp3) is 0.529. The predicted molar refractivity (Wildman–Crippen MR) is 85.6 cm³/mol. The Morgan fingerprint density at radius 1 is 1.48 bits per heavy atom. The van der Waals surface area contributed by atoms with Crippen molar-refractivity contribution in [3.05, 3.63) is 35.6 Å². The Kier molecular flexibility index (Phi) is 4.61. The lowest BCUT2D eigenvalue weighted by Gasteiger charge is -2.35. The Balaban J connectivity index is 1.56. The Morgan fingerprint density at radius 3 is 3.04 bits per heavy atom. The molecule has 6 heteroatoms. The van der Waals surface area contributed by atoms with Crippen molar-refractivity contribution in [3.63, 3.8) is 0 Å². The lowest BCUT2D eigenvalue weighted by molar-refractivity contribution is -0.132. The molecule has 124 valence electrons. The smallest absolute Gasteiger partial charge is 0.264 e. The molecule has 1 N–H and O–H groups in total. The van der Waals surface area contributed by atoms with Crippen molar-refractivity contribution in [1.29, 1.82) is 0 Å². The molecule has 1 aromatic carbocycles. The zero-order valence-corrected chi connectivity index (χ0v) is 13.5. The molecule has 0 bridgehead atoms. The normalized spacial score (nSPS) is 28.1. The molecule has 1 fully saturated rings. The van der Waals surface area contributed by atoms with Crippen LogP contribution in [0.25, 0.3) is 0 Å². The van der Waals surface area contributed by atoms with Gasteiger partial charge in [-0.05, 0) is 38.1 Å². The van der Waals surface area contributed by atoms with Crippen LogP contribution >= 0.6 is 0 Å². The van der Waals surface area contributed by atoms with Crippen LogP contribution in [0, 0.1) is 11.7 Å². The molecule has 0 unspecified atom stereocenters. The van der Waals surface area contributed by atoms with Crippen molar-refractivity contribution >= 4 is 11.6 Å². The van der Waals surface area contributed by atoms with Gasteiger partial charge in [0.05, 0.1) is 5.71 Å². The van der Waals surface area contributed by atoms with Crippen LogP contribution in [-0.2, 0) is 9.63 Å². The van der Waals surface area contributed by atoms with Gasteiger partial charge in [-0.2, -0.15) is 0 Å². The predicted octanol–water partition coefficient (Wildman–Crippen LogP) is 1.78. The summed E-state index contributed by atoms with van der Waals surface area (Å²) in [6.45, 7) is 4.10. The zero-order chi connectivity index (χ0) is 16.4. The summed E-state index contributed by atoms with van der Waals surface area (Å²) in [7, 11) is 2.09. The van der Waals surface area contributed by atoms with Crippen molar-refractivity contribution in [3.8, 4) is 0 Å². The van der Waals surface area contributed by atoms with E-state index < -0.39 is 6.10 Å². The largest absolute Gasteiger partial charge is 0.382 e. The van der Waals surface area contributed by atoms with Crippen LogP contribution in [0.2, 0.25) is 0 Å². The highest BCUT2D eigenvalue weighted by Crippen LogP contribution is 2.20. The Labute approximate surface area is 135 Å². The van der Waals surface area contributed by atoms with Crippen molar-refractivity contribution in [2.75, 3.05) is 20.1 Å². The van der Waals surface area contributed by atoms with E-state index in [2.05, 4.69) is 29.3 Å². The van der Waals surface area contributed by atoms with Crippen LogP contribution in [0.1, 0.15) is 25.3 Å². The number of rotatable bonds is 3. The third-order valence-corrected chi connectivity index (χ3v) is 4.56. The molecule has 2 aliphatic heterocycles. The lowest BCUT2D eigenvalue weighted by Crippen LogP contribution is -2.51. The Hall–Kier alpha value is -1.95. The van der Waals surface area contributed by atoms with E-state index in [4.69, 9.17) is 4.84 Å². The van der Waals surface area contributed by atoms with Crippen LogP contribution in [0.3, 0.4) is 0 Å². The number of amides is 1. The van der Waals surface area contributed by atoms with E-state index in [-0.39, 0.29) is 17.8 Å². The van der Waals surface area contributed by atoms with E-state index in [9.17, 15) is 9.18 Å². The number of hydrogen-bond acceptors (Lipinski definition) is 4. The first kappa shape index (κ1) is 15.9. The maximum absolute atomic E-state index is 13.3. The Bertz CT molecular complexity index is 620. The number of hydrogen-bond donors (Lipinski definition) is 1. The van der Waals surface area contributed by atoms with Crippen LogP contribution in [0.5, 0.6) is 0 Å². The first-order valence-corrected chi connectivity index (χ1v) is 8.00. The minimum absolute atomic E-state index is 0.137. The molecule has 23 heavy (non-hydrogen) atoms. The average Bonchev–Trinajstić information content (AvgIpc) is 3.00. The first-order valence-electron chi connectivity index (χ1n) is 8.00. The van der Waals surface area contributed by atoms with Gasteiger partial charge in [0.25, 0.3) is 5.91 Å². The number of carbonyl (C=O) groups is 1. The highest BCUT2D eigenvalue weighted by Gasteiger charge is 2.32. The van der Waals surface area contributed by atoms with Gasteiger partial charge in [-0.25, -0.2) is 4.39 Å². The molecule has 0 saturated carbocycles. The number of likely N-dealkylation sites (tertiary alicyclic amines) is 1. The second-order valence-corrected chi connectivity index (χ2v) is 6.49. The number of benzene rings is 1. The number of oxime groups is 1. The average molecular weight is 319 g/mol. The third kappa shape index (κ3) is 3.69. The molecule has 1 saturated heterocycles. The van der Waals surface area contributed by atoms with Crippen molar-refractivity contribution in [2.45, 2.75) is 31.9 Å². The molecule has 0 spiro atoms. The molecule has 3 rings (SSSR count). The van der Waals surface area contributed by atoms with Crippen LogP contribution < -0.4 is 5.32 Å². The van der Waals surface area contributed by atoms with Crippen molar-refractivity contribution < 1.29 is 14.0 Å². The molecule has 0 radical (unpaired) electrons. The van der Waals surface area contributed by atoms with Gasteiger partial charge in [0.15, 0.2) is 0 Å². The van der Waals surface area contributed by atoms with Gasteiger partial charge < -0.3 is 15.1 Å². The van der Waals surface area contributed by atoms with E-state index >= 15 is 0 Å². The number of nitrogens with one attached hydrogen (secondary N) is 1. The molecule has 0 aromatic heterocycles. The highest BCUT2D eigenvalue weighted by atomic mass is 19.1. The summed E-state index contributed by atoms with van der Waals surface area (Å²) in [5, 5.41) is 7.03. The van der Waals surface area contributed by atoms with E-state index in [1.807, 2.05) is 0 Å². The maximum atomic E-state index is 13.3. The van der Waals surface area contributed by atoms with E-state index in [1.54, 1.807) is 12.1 Å². The summed E-state index contributed by atoms with van der Waals surface area (Å²) < 4.78 is 13.3. The minimum atomic E-state index is -0.625. The molecule has 0 aliphatic carbocycles. The zero-order valence-electron chi connectivity index (χ0n) is 13.5. The summed E-state index contributed by atoms with van der Waals surface area (Å²) in [6.07, 6.45) is 0.685. The van der Waals surface area contributed by atoms with E-state index in [0.29, 0.717) is 23.6 Å². The second kappa shape index (κ2) is 6.66. The van der Waals surface area contributed by atoms with Gasteiger partial charge in [-0.1, -0.05) is 24.2 Å². The van der Waals surface area contributed by atoms with Gasteiger partial charge in [-0.15, -0.1) is 0 Å². The van der Waals surface area contributed by atoms with Gasteiger partial charge >= 0.3 is 0 Å². The van der Waals surface area contributed by atoms with Crippen LogP contribution in [0.4, 0.5) is 4.39 Å². The molecular formula is C17H22FN3O2. The van der Waals surface area contributed by atoms with Crippen LogP contribution in [0.15, 0.2) is 29.4 Å². The Morgan fingerprint density at radius 2 is 2.30 bits per heavy atom. The summed E-state index contributed by atoms with van der Waals surface area (Å²) in [6, 6.07) is 6.35. The van der Waals surface area contributed by atoms with Gasteiger partial charge in [-0.3, -0.25) is 4.79 Å². The van der Waals surface area contributed by atoms with Crippen molar-refractivity contribution in [1.82, 2.24) is 10.2 Å². The summed E-state index contributed by atoms with van der Waals surface area (Å²) in [5.41, 5.74) is 1.27. The number of carbonyl (C=O) groups excluding carboxylic acids is 1. The molecule has 1 amide bonds. The summed E-state index contributed by atoms with van der Waals surface area (Å²) in [4.78, 5) is 19.9. The van der Waals surface area contributed by atoms with Gasteiger partial charge in [0, 0.05) is 24.6 Å². The molecule has 2 heterocycles. The second-order valence-electron chi connectivity index (χ2n) is 6.49. The lowest BCUT2D eigenvalue weighted by atomic mass is 9.94. The number of halogens is 1. The molecular weight excluding hydrogens is 297 g/mol. The van der Waals surface area contributed by atoms with Gasteiger partial charge in [0.1, 0.15) is 5.82 Å². The highest BCUT2D eigenvalue weighted by molar-refractivity contribution is 6.04. The van der Waals surface area contributed by atoms with Crippen LogP contribution in [-0.4, -0.2) is 48.8 Å². The van der Waals surface area contributed by atoms with Gasteiger partial charge in [0.2, 0.25) is 6.10 Å². The monoisotopic (exact) mass is 319 g/mol. The fourth-order valence-corrected chi connectivity index (χ4v) is 3.20. The SMILES string of the molecule is C[C@@H]1CN(C)CC[C@H]1NC(=O)[C@@H]1CC(c2cccc(F)c2)=NO1. The minimum Gasteiger partial charge on any atom is -0.382 e. The third-order valence-electron chi connectivity index (χ3n) is 4.56.